The lowest BCUT2D eigenvalue weighted by Crippen LogP contribution is -2.85. The van der Waals surface area contributed by atoms with Gasteiger partial charge >= 0.3 is 0 Å². The highest BCUT2D eigenvalue weighted by molar-refractivity contribution is 5.13. The minimum atomic E-state index is 0.702. The number of fused-ring (bicyclic) bond motifs is 1. The fourth-order valence-corrected chi connectivity index (χ4v) is 5.72. The second kappa shape index (κ2) is 5.18. The van der Waals surface area contributed by atoms with Crippen LogP contribution in [0.3, 0.4) is 0 Å². The van der Waals surface area contributed by atoms with Gasteiger partial charge in [0.2, 0.25) is 0 Å². The molecule has 108 valence electrons. The molecule has 1 heteroatoms. The van der Waals surface area contributed by atoms with Gasteiger partial charge < -0.3 is 5.32 Å². The van der Waals surface area contributed by atoms with Gasteiger partial charge in [0.1, 0.15) is 6.54 Å². The van der Waals surface area contributed by atoms with Crippen LogP contribution in [-0.2, 0) is 6.54 Å². The quantitative estimate of drug-likeness (QED) is 0.864. The summed E-state index contributed by atoms with van der Waals surface area (Å²) in [5, 5.41) is 2.60. The summed E-state index contributed by atoms with van der Waals surface area (Å²) in [4.78, 5) is 0. The Balaban J connectivity index is 1.40. The van der Waals surface area contributed by atoms with Gasteiger partial charge in [0, 0.05) is 11.0 Å². The van der Waals surface area contributed by atoms with Crippen LogP contribution in [0.4, 0.5) is 0 Å². The van der Waals surface area contributed by atoms with Crippen molar-refractivity contribution in [2.75, 3.05) is 6.54 Å². The van der Waals surface area contributed by atoms with Crippen molar-refractivity contribution in [2.24, 2.45) is 23.2 Å². The Morgan fingerprint density at radius 3 is 2.40 bits per heavy atom. The molecule has 0 aliphatic heterocycles. The lowest BCUT2D eigenvalue weighted by molar-refractivity contribution is -0.683. The molecule has 2 atom stereocenters. The molecule has 0 saturated heterocycles. The van der Waals surface area contributed by atoms with Crippen LogP contribution in [0.5, 0.6) is 0 Å². The zero-order valence-corrected chi connectivity index (χ0v) is 12.6. The Hall–Kier alpha value is -0.820. The monoisotopic (exact) mass is 270 g/mol. The first-order valence-electron chi connectivity index (χ1n) is 8.67. The molecule has 4 fully saturated rings. The number of benzene rings is 1. The number of hydrogen-bond donors (Lipinski definition) is 1. The van der Waals surface area contributed by atoms with Crippen LogP contribution in [0.2, 0.25) is 0 Å². The van der Waals surface area contributed by atoms with E-state index in [1.165, 1.54) is 31.5 Å². The normalized spacial score (nSPS) is 38.9. The van der Waals surface area contributed by atoms with Crippen molar-refractivity contribution in [1.29, 1.82) is 0 Å². The number of rotatable bonds is 4. The van der Waals surface area contributed by atoms with Gasteiger partial charge in [0.25, 0.3) is 0 Å². The van der Waals surface area contributed by atoms with Crippen LogP contribution in [0, 0.1) is 23.2 Å². The number of hydrogen-bond acceptors (Lipinski definition) is 0. The fraction of sp³-hybridized carbons (Fsp3) is 0.684. The highest BCUT2D eigenvalue weighted by Crippen LogP contribution is 2.56. The molecular weight excluding hydrogens is 242 g/mol. The van der Waals surface area contributed by atoms with Gasteiger partial charge in [-0.1, -0.05) is 30.3 Å². The standard InChI is InChI=1S/C19H27N/c1-2-4-15(5-3-1)13-20-14-19-7-6-16-8-17(11-19)10-18(9-16)12-19/h1-5,16-18,20H,6-14H2/p+1/t16?,17-,18-,19?/m0/s1. The average molecular weight is 270 g/mol. The summed E-state index contributed by atoms with van der Waals surface area (Å²) < 4.78 is 0. The van der Waals surface area contributed by atoms with Crippen molar-refractivity contribution in [2.45, 2.75) is 51.5 Å². The molecule has 1 aromatic carbocycles. The summed E-state index contributed by atoms with van der Waals surface area (Å²) in [7, 11) is 0. The molecule has 5 rings (SSSR count). The maximum atomic E-state index is 2.60. The summed E-state index contributed by atoms with van der Waals surface area (Å²) in [5.74, 6) is 3.26. The zero-order valence-electron chi connectivity index (χ0n) is 12.6. The van der Waals surface area contributed by atoms with E-state index in [9.17, 15) is 0 Å². The highest BCUT2D eigenvalue weighted by atomic mass is 14.9. The van der Waals surface area contributed by atoms with Crippen molar-refractivity contribution in [3.63, 3.8) is 0 Å². The van der Waals surface area contributed by atoms with Gasteiger partial charge in [-0.15, -0.1) is 0 Å². The molecule has 0 radical (unpaired) electrons. The van der Waals surface area contributed by atoms with Crippen LogP contribution in [0.15, 0.2) is 30.3 Å². The summed E-state index contributed by atoms with van der Waals surface area (Å²) in [6.07, 6.45) is 10.9. The van der Waals surface area contributed by atoms with E-state index in [1.54, 1.807) is 32.1 Å². The molecule has 20 heavy (non-hydrogen) atoms. The summed E-state index contributed by atoms with van der Waals surface area (Å²) in [5.41, 5.74) is 2.18. The summed E-state index contributed by atoms with van der Waals surface area (Å²) >= 11 is 0. The molecule has 4 aliphatic carbocycles. The van der Waals surface area contributed by atoms with Crippen LogP contribution in [-0.4, -0.2) is 6.54 Å². The number of nitrogens with two attached hydrogens (primary N) is 1. The maximum Gasteiger partial charge on any atom is 0.101 e. The molecule has 0 heterocycles. The van der Waals surface area contributed by atoms with Gasteiger partial charge in [-0.3, -0.25) is 0 Å². The molecule has 0 unspecified atom stereocenters. The minimum absolute atomic E-state index is 0.702. The molecule has 0 spiro atoms. The van der Waals surface area contributed by atoms with Crippen LogP contribution < -0.4 is 5.32 Å². The van der Waals surface area contributed by atoms with E-state index in [-0.39, 0.29) is 0 Å². The van der Waals surface area contributed by atoms with Gasteiger partial charge in [-0.2, -0.15) is 0 Å². The lowest BCUT2D eigenvalue weighted by Gasteiger charge is -2.44. The van der Waals surface area contributed by atoms with E-state index in [0.29, 0.717) is 5.41 Å². The largest absolute Gasteiger partial charge is 0.342 e. The topological polar surface area (TPSA) is 16.6 Å². The smallest absolute Gasteiger partial charge is 0.101 e. The molecule has 4 aliphatic rings. The number of quaternary nitrogens is 1. The third-order valence-electron chi connectivity index (χ3n) is 6.33. The molecule has 2 N–H and O–H groups in total. The van der Waals surface area contributed by atoms with E-state index in [2.05, 4.69) is 35.6 Å². The second-order valence-corrected chi connectivity index (χ2v) is 7.93. The SMILES string of the molecule is c1ccc(C[NH2+]CC23CCC4C[C@@H](C[C@H](C4)C2)C3)cc1. The highest BCUT2D eigenvalue weighted by Gasteiger charge is 2.48. The molecule has 1 nitrogen and oxygen atoms in total. The maximum absolute atomic E-state index is 2.60. The molecule has 4 saturated carbocycles. The first kappa shape index (κ1) is 12.9. The molecular formula is C19H28N+. The first-order chi connectivity index (χ1) is 9.81. The average Bonchev–Trinajstić information content (AvgIpc) is 2.65. The van der Waals surface area contributed by atoms with E-state index in [4.69, 9.17) is 0 Å². The Morgan fingerprint density at radius 2 is 1.65 bits per heavy atom. The van der Waals surface area contributed by atoms with E-state index in [0.717, 1.165) is 17.8 Å². The van der Waals surface area contributed by atoms with Crippen molar-refractivity contribution < 1.29 is 5.32 Å². The van der Waals surface area contributed by atoms with E-state index >= 15 is 0 Å². The van der Waals surface area contributed by atoms with Crippen molar-refractivity contribution in [3.8, 4) is 0 Å². The summed E-state index contributed by atoms with van der Waals surface area (Å²) in [6.45, 7) is 2.54. The third-order valence-corrected chi connectivity index (χ3v) is 6.33. The third kappa shape index (κ3) is 2.53. The summed E-state index contributed by atoms with van der Waals surface area (Å²) in [6, 6.07) is 11.0. The lowest BCUT2D eigenvalue weighted by atomic mass is 9.61. The van der Waals surface area contributed by atoms with Crippen LogP contribution in [0.25, 0.3) is 0 Å². The molecule has 4 bridgehead atoms. The zero-order chi connectivity index (χ0) is 13.4. The van der Waals surface area contributed by atoms with E-state index in [1.807, 2.05) is 0 Å². The predicted octanol–water partition coefficient (Wildman–Crippen LogP) is 3.36. The predicted molar refractivity (Wildman–Crippen MR) is 82.2 cm³/mol. The second-order valence-electron chi connectivity index (χ2n) is 7.93. The molecule has 0 aromatic heterocycles. The van der Waals surface area contributed by atoms with Gasteiger partial charge in [-0.05, 0) is 62.7 Å². The van der Waals surface area contributed by atoms with Crippen molar-refractivity contribution in [3.05, 3.63) is 35.9 Å². The Morgan fingerprint density at radius 1 is 0.950 bits per heavy atom. The van der Waals surface area contributed by atoms with Crippen molar-refractivity contribution in [1.82, 2.24) is 0 Å². The van der Waals surface area contributed by atoms with Gasteiger partial charge in [-0.25, -0.2) is 0 Å². The Labute approximate surface area is 123 Å². The van der Waals surface area contributed by atoms with Gasteiger partial charge in [0.15, 0.2) is 0 Å². The first-order valence-corrected chi connectivity index (χ1v) is 8.67. The van der Waals surface area contributed by atoms with E-state index < -0.39 is 0 Å². The fourth-order valence-electron chi connectivity index (χ4n) is 5.72. The Kier molecular flexibility index (Phi) is 3.34. The van der Waals surface area contributed by atoms with Gasteiger partial charge in [0.05, 0.1) is 6.54 Å². The minimum Gasteiger partial charge on any atom is -0.342 e. The Bertz CT molecular complexity index is 438. The molecule has 1 aromatic rings. The van der Waals surface area contributed by atoms with Crippen molar-refractivity contribution >= 4 is 0 Å². The molecule has 0 amide bonds. The van der Waals surface area contributed by atoms with Crippen LogP contribution >= 0.6 is 0 Å². The van der Waals surface area contributed by atoms with Crippen LogP contribution in [0.1, 0.15) is 50.5 Å².